The molecular weight excluding hydrogens is 394 g/mol. The number of aromatic nitrogens is 1. The normalized spacial score (nSPS) is 15.7. The maximum atomic E-state index is 12.7. The van der Waals surface area contributed by atoms with Crippen molar-refractivity contribution in [3.63, 3.8) is 0 Å². The number of ether oxygens (including phenoxy) is 3. The predicted octanol–water partition coefficient (Wildman–Crippen LogP) is 4.08. The highest BCUT2D eigenvalue weighted by Crippen LogP contribution is 2.34. The molecule has 0 fully saturated rings. The Morgan fingerprint density at radius 3 is 2.58 bits per heavy atom. The highest BCUT2D eigenvalue weighted by Gasteiger charge is 2.20. The number of amides is 1. The number of hydrogen-bond donors (Lipinski definition) is 2. The summed E-state index contributed by atoms with van der Waals surface area (Å²) < 4.78 is 16.0. The largest absolute Gasteiger partial charge is 0.496 e. The van der Waals surface area contributed by atoms with Crippen molar-refractivity contribution in [2.45, 2.75) is 26.2 Å². The van der Waals surface area contributed by atoms with E-state index in [2.05, 4.69) is 22.4 Å². The molecule has 162 valence electrons. The Hall–Kier alpha value is -3.48. The molecule has 0 aliphatic heterocycles. The van der Waals surface area contributed by atoms with Crippen molar-refractivity contribution in [1.29, 1.82) is 0 Å². The van der Waals surface area contributed by atoms with E-state index in [0.717, 1.165) is 23.7 Å². The molecular formula is C24H27N3O4. The van der Waals surface area contributed by atoms with Crippen LogP contribution in [0.4, 0.5) is 0 Å². The number of aromatic amines is 1. The Balaban J connectivity index is 1.54. The molecule has 4 rings (SSSR count). The first-order chi connectivity index (χ1) is 15.0. The smallest absolute Gasteiger partial charge is 0.271 e. The molecule has 1 amide bonds. The van der Waals surface area contributed by atoms with Crippen LogP contribution in [0.3, 0.4) is 0 Å². The van der Waals surface area contributed by atoms with Crippen LogP contribution in [0.5, 0.6) is 17.2 Å². The van der Waals surface area contributed by atoms with Gasteiger partial charge in [0.1, 0.15) is 5.75 Å². The van der Waals surface area contributed by atoms with Crippen LogP contribution < -0.4 is 19.6 Å². The number of aryl methyl sites for hydroxylation is 1. The third kappa shape index (κ3) is 4.08. The van der Waals surface area contributed by atoms with Gasteiger partial charge in [-0.05, 0) is 55.0 Å². The molecule has 1 unspecified atom stereocenters. The fourth-order valence-electron chi connectivity index (χ4n) is 4.11. The number of fused-ring (bicyclic) bond motifs is 3. The second-order valence-electron chi connectivity index (χ2n) is 7.84. The predicted molar refractivity (Wildman–Crippen MR) is 121 cm³/mol. The minimum Gasteiger partial charge on any atom is -0.496 e. The SMILES string of the molecule is COc1cc(OC)c(OC)cc1/C=N\NC(=O)c1ccc2[nH]c3c(c2c1)CC(C)CC3. The molecule has 1 atom stereocenters. The van der Waals surface area contributed by atoms with Gasteiger partial charge in [0, 0.05) is 33.8 Å². The van der Waals surface area contributed by atoms with Crippen LogP contribution in [0.15, 0.2) is 35.4 Å². The number of H-pyrrole nitrogens is 1. The third-order valence-corrected chi connectivity index (χ3v) is 5.80. The summed E-state index contributed by atoms with van der Waals surface area (Å²) in [7, 11) is 4.68. The van der Waals surface area contributed by atoms with E-state index >= 15 is 0 Å². The highest BCUT2D eigenvalue weighted by atomic mass is 16.5. The van der Waals surface area contributed by atoms with Gasteiger partial charge in [-0.25, -0.2) is 5.43 Å². The molecule has 1 aliphatic rings. The number of nitrogens with zero attached hydrogens (tertiary/aromatic N) is 1. The van der Waals surface area contributed by atoms with Gasteiger partial charge in [-0.1, -0.05) is 6.92 Å². The van der Waals surface area contributed by atoms with Crippen LogP contribution in [-0.2, 0) is 12.8 Å². The van der Waals surface area contributed by atoms with E-state index < -0.39 is 0 Å². The first kappa shape index (κ1) is 20.8. The van der Waals surface area contributed by atoms with Crippen LogP contribution >= 0.6 is 0 Å². The average molecular weight is 421 g/mol. The van der Waals surface area contributed by atoms with Gasteiger partial charge in [-0.3, -0.25) is 4.79 Å². The van der Waals surface area contributed by atoms with Gasteiger partial charge in [0.2, 0.25) is 0 Å². The Bertz CT molecular complexity index is 1150. The standard InChI is InChI=1S/C24H27N3O4/c1-14-5-7-19-17(9-14)18-10-15(6-8-20(18)26-19)24(28)27-25-13-16-11-22(30-3)23(31-4)12-21(16)29-2/h6,8,10-14,26H,5,7,9H2,1-4H3,(H,27,28)/b25-13-. The molecule has 7 heteroatoms. The number of methoxy groups -OCH3 is 3. The lowest BCUT2D eigenvalue weighted by Gasteiger charge is -2.18. The average Bonchev–Trinajstić information content (AvgIpc) is 3.15. The van der Waals surface area contributed by atoms with Crippen molar-refractivity contribution in [2.75, 3.05) is 21.3 Å². The second-order valence-corrected chi connectivity index (χ2v) is 7.84. The van der Waals surface area contributed by atoms with Gasteiger partial charge in [0.25, 0.3) is 5.91 Å². The van der Waals surface area contributed by atoms with E-state index in [-0.39, 0.29) is 5.91 Å². The Morgan fingerprint density at radius 1 is 1.10 bits per heavy atom. The van der Waals surface area contributed by atoms with Gasteiger partial charge < -0.3 is 19.2 Å². The van der Waals surface area contributed by atoms with Crippen molar-refractivity contribution < 1.29 is 19.0 Å². The monoisotopic (exact) mass is 421 g/mol. The Labute approximate surface area is 181 Å². The van der Waals surface area contributed by atoms with E-state index in [9.17, 15) is 4.79 Å². The molecule has 0 saturated heterocycles. The van der Waals surface area contributed by atoms with Crippen LogP contribution in [0.25, 0.3) is 10.9 Å². The first-order valence-electron chi connectivity index (χ1n) is 10.3. The molecule has 0 spiro atoms. The lowest BCUT2D eigenvalue weighted by atomic mass is 9.87. The lowest BCUT2D eigenvalue weighted by molar-refractivity contribution is 0.0955. The zero-order chi connectivity index (χ0) is 22.0. The molecule has 2 aromatic carbocycles. The molecule has 1 heterocycles. The zero-order valence-corrected chi connectivity index (χ0v) is 18.2. The highest BCUT2D eigenvalue weighted by molar-refractivity contribution is 5.99. The van der Waals surface area contributed by atoms with Gasteiger partial charge in [0.15, 0.2) is 11.5 Å². The van der Waals surface area contributed by atoms with Crippen molar-refractivity contribution in [1.82, 2.24) is 10.4 Å². The van der Waals surface area contributed by atoms with Gasteiger partial charge in [0.05, 0.1) is 27.5 Å². The van der Waals surface area contributed by atoms with E-state index in [0.29, 0.717) is 34.3 Å². The molecule has 3 aromatic rings. The van der Waals surface area contributed by atoms with Gasteiger partial charge in [-0.2, -0.15) is 5.10 Å². The lowest BCUT2D eigenvalue weighted by Crippen LogP contribution is -2.17. The molecule has 1 aliphatic carbocycles. The van der Waals surface area contributed by atoms with Gasteiger partial charge in [-0.15, -0.1) is 0 Å². The summed E-state index contributed by atoms with van der Waals surface area (Å²) in [5.41, 5.74) is 7.54. The number of carbonyl (C=O) groups is 1. The number of benzene rings is 2. The van der Waals surface area contributed by atoms with Crippen molar-refractivity contribution in [2.24, 2.45) is 11.0 Å². The minimum absolute atomic E-state index is 0.267. The van der Waals surface area contributed by atoms with Gasteiger partial charge >= 0.3 is 0 Å². The fourth-order valence-corrected chi connectivity index (χ4v) is 4.11. The molecule has 0 radical (unpaired) electrons. The van der Waals surface area contributed by atoms with Crippen LogP contribution in [0.2, 0.25) is 0 Å². The summed E-state index contributed by atoms with van der Waals surface area (Å²) in [5, 5.41) is 5.24. The van der Waals surface area contributed by atoms with Crippen LogP contribution in [-0.4, -0.2) is 38.4 Å². The molecule has 0 bridgehead atoms. The molecule has 2 N–H and O–H groups in total. The van der Waals surface area contributed by atoms with E-state index in [1.54, 1.807) is 33.5 Å². The van der Waals surface area contributed by atoms with E-state index in [1.807, 2.05) is 18.2 Å². The first-order valence-corrected chi connectivity index (χ1v) is 10.3. The third-order valence-electron chi connectivity index (χ3n) is 5.80. The van der Waals surface area contributed by atoms with E-state index in [1.165, 1.54) is 23.9 Å². The zero-order valence-electron chi connectivity index (χ0n) is 18.2. The summed E-state index contributed by atoms with van der Waals surface area (Å²) in [4.78, 5) is 16.2. The summed E-state index contributed by atoms with van der Waals surface area (Å²) in [6.07, 6.45) is 4.82. The Kier molecular flexibility index (Phi) is 5.84. The number of nitrogens with one attached hydrogen (secondary N) is 2. The Morgan fingerprint density at radius 2 is 1.84 bits per heavy atom. The number of hydrazone groups is 1. The van der Waals surface area contributed by atoms with Crippen molar-refractivity contribution in [3.8, 4) is 17.2 Å². The van der Waals surface area contributed by atoms with Crippen molar-refractivity contribution in [3.05, 3.63) is 52.7 Å². The second kappa shape index (κ2) is 8.71. The number of rotatable bonds is 6. The topological polar surface area (TPSA) is 84.9 Å². The summed E-state index contributed by atoms with van der Waals surface area (Å²) in [6.45, 7) is 2.27. The summed E-state index contributed by atoms with van der Waals surface area (Å²) in [6, 6.07) is 9.19. The quantitative estimate of drug-likeness (QED) is 0.464. The summed E-state index contributed by atoms with van der Waals surface area (Å²) >= 11 is 0. The van der Waals surface area contributed by atoms with Crippen LogP contribution in [0, 0.1) is 5.92 Å². The fraction of sp³-hybridized carbons (Fsp3) is 0.333. The van der Waals surface area contributed by atoms with Crippen molar-refractivity contribution >= 4 is 23.0 Å². The molecule has 7 nitrogen and oxygen atoms in total. The summed E-state index contributed by atoms with van der Waals surface area (Å²) in [5.74, 6) is 2.05. The molecule has 31 heavy (non-hydrogen) atoms. The molecule has 1 aromatic heterocycles. The maximum Gasteiger partial charge on any atom is 0.271 e. The van der Waals surface area contributed by atoms with E-state index in [4.69, 9.17) is 14.2 Å². The maximum absolute atomic E-state index is 12.7. The number of carbonyl (C=O) groups excluding carboxylic acids is 1. The minimum atomic E-state index is -0.267. The van der Waals surface area contributed by atoms with Crippen LogP contribution in [0.1, 0.15) is 40.5 Å². The number of hydrogen-bond acceptors (Lipinski definition) is 5. The molecule has 0 saturated carbocycles.